The third-order valence-corrected chi connectivity index (χ3v) is 2.35. The molecule has 0 aliphatic heterocycles. The average molecular weight is 215 g/mol. The Morgan fingerprint density at radius 1 is 1.06 bits per heavy atom. The van der Waals surface area contributed by atoms with Crippen molar-refractivity contribution in [3.8, 4) is 5.88 Å². The summed E-state index contributed by atoms with van der Waals surface area (Å²) in [6.45, 7) is 0. The summed E-state index contributed by atoms with van der Waals surface area (Å²) in [5.74, 6) is 0.507. The van der Waals surface area contributed by atoms with E-state index in [0.717, 1.165) is 5.56 Å². The van der Waals surface area contributed by atoms with E-state index in [1.165, 1.54) is 0 Å². The summed E-state index contributed by atoms with van der Waals surface area (Å²) < 4.78 is 5.02. The Hall–Kier alpha value is -1.87. The van der Waals surface area contributed by atoms with E-state index < -0.39 is 6.10 Å². The number of ether oxygens (including phenoxy) is 1. The fraction of sp³-hybridized carbons (Fsp3) is 0.154. The molecular weight excluding hydrogens is 202 g/mol. The molecule has 3 nitrogen and oxygen atoms in total. The molecule has 1 aromatic heterocycles. The van der Waals surface area contributed by atoms with Gasteiger partial charge in [-0.15, -0.1) is 0 Å². The minimum absolute atomic E-state index is 0.507. The molecule has 1 N–H and O–H groups in total. The molecule has 2 aromatic rings. The van der Waals surface area contributed by atoms with E-state index in [4.69, 9.17) is 4.74 Å². The molecule has 1 atom stereocenters. The summed E-state index contributed by atoms with van der Waals surface area (Å²) in [4.78, 5) is 4.20. The molecule has 0 saturated heterocycles. The number of hydrogen-bond donors (Lipinski definition) is 1. The van der Waals surface area contributed by atoms with E-state index in [9.17, 15) is 5.11 Å². The van der Waals surface area contributed by atoms with Crippen LogP contribution >= 0.6 is 0 Å². The van der Waals surface area contributed by atoms with Gasteiger partial charge in [0.1, 0.15) is 6.10 Å². The van der Waals surface area contributed by atoms with Crippen LogP contribution in [-0.4, -0.2) is 17.2 Å². The summed E-state index contributed by atoms with van der Waals surface area (Å²) in [7, 11) is 1.56. The number of nitrogens with zero attached hydrogens (tertiary/aromatic N) is 1. The first-order valence-corrected chi connectivity index (χ1v) is 5.05. The lowest BCUT2D eigenvalue weighted by Gasteiger charge is -2.10. The van der Waals surface area contributed by atoms with E-state index >= 15 is 0 Å². The molecule has 16 heavy (non-hydrogen) atoms. The van der Waals surface area contributed by atoms with Crippen LogP contribution in [0, 0.1) is 0 Å². The SMILES string of the molecule is COc1cccc(C(O)c2ccccc2)n1. The molecule has 0 aliphatic rings. The lowest BCUT2D eigenvalue weighted by atomic mass is 10.1. The summed E-state index contributed by atoms with van der Waals surface area (Å²) in [5, 5.41) is 10.1. The van der Waals surface area contributed by atoms with Crippen molar-refractivity contribution in [3.63, 3.8) is 0 Å². The van der Waals surface area contributed by atoms with Gasteiger partial charge in [0, 0.05) is 6.07 Å². The molecule has 0 bridgehead atoms. The Morgan fingerprint density at radius 3 is 2.50 bits per heavy atom. The normalized spacial score (nSPS) is 12.1. The number of pyridine rings is 1. The molecule has 0 radical (unpaired) electrons. The Kier molecular flexibility index (Phi) is 3.17. The molecule has 2 rings (SSSR count). The molecule has 1 unspecified atom stereocenters. The summed E-state index contributed by atoms with van der Waals surface area (Å²) in [5.41, 5.74) is 1.41. The molecule has 0 spiro atoms. The maximum atomic E-state index is 10.1. The van der Waals surface area contributed by atoms with Gasteiger partial charge in [0.05, 0.1) is 12.8 Å². The number of benzene rings is 1. The Balaban J connectivity index is 2.30. The molecule has 82 valence electrons. The van der Waals surface area contributed by atoms with E-state index in [1.807, 2.05) is 36.4 Å². The number of aliphatic hydroxyl groups excluding tert-OH is 1. The number of rotatable bonds is 3. The monoisotopic (exact) mass is 215 g/mol. The van der Waals surface area contributed by atoms with Crippen LogP contribution in [0.25, 0.3) is 0 Å². The molecule has 0 fully saturated rings. The van der Waals surface area contributed by atoms with Crippen LogP contribution in [0.15, 0.2) is 48.5 Å². The van der Waals surface area contributed by atoms with Gasteiger partial charge in [0.15, 0.2) is 0 Å². The first-order chi connectivity index (χ1) is 7.81. The smallest absolute Gasteiger partial charge is 0.213 e. The molecule has 1 heterocycles. The van der Waals surface area contributed by atoms with Gasteiger partial charge >= 0.3 is 0 Å². The van der Waals surface area contributed by atoms with Crippen molar-refractivity contribution < 1.29 is 9.84 Å². The van der Waals surface area contributed by atoms with Crippen molar-refractivity contribution in [2.45, 2.75) is 6.10 Å². The zero-order valence-electron chi connectivity index (χ0n) is 9.00. The maximum Gasteiger partial charge on any atom is 0.213 e. The second kappa shape index (κ2) is 4.77. The van der Waals surface area contributed by atoms with Crippen molar-refractivity contribution in [1.29, 1.82) is 0 Å². The lowest BCUT2D eigenvalue weighted by molar-refractivity contribution is 0.214. The van der Waals surface area contributed by atoms with E-state index in [2.05, 4.69) is 4.98 Å². The van der Waals surface area contributed by atoms with Gasteiger partial charge in [0.25, 0.3) is 0 Å². The maximum absolute atomic E-state index is 10.1. The second-order valence-electron chi connectivity index (χ2n) is 3.42. The molecule has 0 saturated carbocycles. The minimum atomic E-state index is -0.712. The highest BCUT2D eigenvalue weighted by Crippen LogP contribution is 2.21. The topological polar surface area (TPSA) is 42.4 Å². The summed E-state index contributed by atoms with van der Waals surface area (Å²) in [6.07, 6.45) is -0.712. The zero-order chi connectivity index (χ0) is 11.4. The highest BCUT2D eigenvalue weighted by atomic mass is 16.5. The largest absolute Gasteiger partial charge is 0.481 e. The van der Waals surface area contributed by atoms with Crippen molar-refractivity contribution in [3.05, 3.63) is 59.8 Å². The van der Waals surface area contributed by atoms with Crippen LogP contribution in [0.5, 0.6) is 5.88 Å². The van der Waals surface area contributed by atoms with Crippen molar-refractivity contribution in [2.24, 2.45) is 0 Å². The molecule has 0 aliphatic carbocycles. The van der Waals surface area contributed by atoms with Crippen LogP contribution in [-0.2, 0) is 0 Å². The number of hydrogen-bond acceptors (Lipinski definition) is 3. The predicted octanol–water partition coefficient (Wildman–Crippen LogP) is 2.17. The van der Waals surface area contributed by atoms with Gasteiger partial charge in [-0.3, -0.25) is 0 Å². The zero-order valence-corrected chi connectivity index (χ0v) is 9.00. The van der Waals surface area contributed by atoms with E-state index in [-0.39, 0.29) is 0 Å². The van der Waals surface area contributed by atoms with E-state index in [0.29, 0.717) is 11.6 Å². The van der Waals surface area contributed by atoms with Crippen molar-refractivity contribution >= 4 is 0 Å². The third kappa shape index (κ3) is 2.20. The van der Waals surface area contributed by atoms with Gasteiger partial charge in [-0.1, -0.05) is 36.4 Å². The van der Waals surface area contributed by atoms with Gasteiger partial charge in [-0.05, 0) is 11.6 Å². The fourth-order valence-electron chi connectivity index (χ4n) is 1.50. The van der Waals surface area contributed by atoms with Crippen LogP contribution in [0.4, 0.5) is 0 Å². The number of methoxy groups -OCH3 is 1. The van der Waals surface area contributed by atoms with Crippen molar-refractivity contribution in [2.75, 3.05) is 7.11 Å². The van der Waals surface area contributed by atoms with Gasteiger partial charge in [-0.25, -0.2) is 4.98 Å². The van der Waals surface area contributed by atoms with Gasteiger partial charge in [-0.2, -0.15) is 0 Å². The predicted molar refractivity (Wildman–Crippen MR) is 61.3 cm³/mol. The Bertz CT molecular complexity index is 456. The summed E-state index contributed by atoms with van der Waals surface area (Å²) >= 11 is 0. The molecule has 0 amide bonds. The van der Waals surface area contributed by atoms with Gasteiger partial charge < -0.3 is 9.84 Å². The lowest BCUT2D eigenvalue weighted by Crippen LogP contribution is -2.02. The highest BCUT2D eigenvalue weighted by molar-refractivity contribution is 5.27. The van der Waals surface area contributed by atoms with Crippen LogP contribution in [0.3, 0.4) is 0 Å². The highest BCUT2D eigenvalue weighted by Gasteiger charge is 2.11. The van der Waals surface area contributed by atoms with Crippen LogP contribution in [0.1, 0.15) is 17.4 Å². The standard InChI is InChI=1S/C13H13NO2/c1-16-12-9-5-8-11(14-12)13(15)10-6-3-2-4-7-10/h2-9,13,15H,1H3. The number of aromatic nitrogens is 1. The minimum Gasteiger partial charge on any atom is -0.481 e. The van der Waals surface area contributed by atoms with E-state index in [1.54, 1.807) is 19.2 Å². The Morgan fingerprint density at radius 2 is 1.81 bits per heavy atom. The van der Waals surface area contributed by atoms with Crippen LogP contribution < -0.4 is 4.74 Å². The van der Waals surface area contributed by atoms with Gasteiger partial charge in [0.2, 0.25) is 5.88 Å². The fourth-order valence-corrected chi connectivity index (χ4v) is 1.50. The Labute approximate surface area is 94.3 Å². The first-order valence-electron chi connectivity index (χ1n) is 5.05. The third-order valence-electron chi connectivity index (χ3n) is 2.35. The molecule has 3 heteroatoms. The second-order valence-corrected chi connectivity index (χ2v) is 3.42. The van der Waals surface area contributed by atoms with Crippen molar-refractivity contribution in [1.82, 2.24) is 4.98 Å². The molecular formula is C13H13NO2. The quantitative estimate of drug-likeness (QED) is 0.853. The van der Waals surface area contributed by atoms with Crippen LogP contribution in [0.2, 0.25) is 0 Å². The first kappa shape index (κ1) is 10.6. The average Bonchev–Trinajstić information content (AvgIpc) is 2.39. The molecule has 1 aromatic carbocycles. The number of aliphatic hydroxyl groups is 1. The summed E-state index contributed by atoms with van der Waals surface area (Å²) in [6, 6.07) is 14.8.